The molecule has 0 aromatic heterocycles. The van der Waals surface area contributed by atoms with Crippen LogP contribution in [-0.2, 0) is 9.53 Å². The van der Waals surface area contributed by atoms with Crippen LogP contribution >= 0.6 is 0 Å². The van der Waals surface area contributed by atoms with E-state index >= 15 is 0 Å². The fourth-order valence-electron chi connectivity index (χ4n) is 4.81. The van der Waals surface area contributed by atoms with Gasteiger partial charge in [0, 0.05) is 31.7 Å². The summed E-state index contributed by atoms with van der Waals surface area (Å²) in [7, 11) is 0. The molecule has 0 spiro atoms. The number of nitrogens with one attached hydrogen (secondary N) is 2. The van der Waals surface area contributed by atoms with E-state index in [0.29, 0.717) is 30.4 Å². The molecule has 1 aromatic carbocycles. The lowest BCUT2D eigenvalue weighted by Gasteiger charge is -2.33. The summed E-state index contributed by atoms with van der Waals surface area (Å²) >= 11 is 0. The number of hydrogen-bond donors (Lipinski definition) is 2. The van der Waals surface area contributed by atoms with E-state index in [9.17, 15) is 9.18 Å². The average molecular weight is 432 g/mol. The number of carbonyl (C=O) groups excluding carboxylic acids is 1. The van der Waals surface area contributed by atoms with Crippen molar-refractivity contribution >= 4 is 5.91 Å². The maximum atomic E-state index is 13.6. The Hall–Kier alpha value is -1.96. The van der Waals surface area contributed by atoms with E-state index in [1.807, 2.05) is 0 Å². The Morgan fingerprint density at radius 2 is 2.06 bits per heavy atom. The maximum absolute atomic E-state index is 13.6. The molecule has 0 bridgehead atoms. The molecular weight excluding hydrogens is 397 g/mol. The molecule has 4 rings (SSSR count). The lowest BCUT2D eigenvalue weighted by Crippen LogP contribution is -2.51. The first-order chi connectivity index (χ1) is 15.0. The van der Waals surface area contributed by atoms with Crippen molar-refractivity contribution in [1.29, 1.82) is 0 Å². The Labute approximate surface area is 184 Å². The van der Waals surface area contributed by atoms with Gasteiger partial charge in [-0.25, -0.2) is 9.40 Å². The van der Waals surface area contributed by atoms with Gasteiger partial charge in [-0.1, -0.05) is 12.1 Å². The molecule has 1 aliphatic carbocycles. The molecule has 1 aromatic rings. The SMILES string of the molecule is CC1=CCCC2CC(C(=O)NC3CCN(NCCOc4ccc(C)c(F)c4)CC3)OC12. The number of hydrogen-bond acceptors (Lipinski definition) is 5. The molecule has 7 heteroatoms. The lowest BCUT2D eigenvalue weighted by atomic mass is 9.85. The number of fused-ring (bicyclic) bond motifs is 1. The highest BCUT2D eigenvalue weighted by Crippen LogP contribution is 2.37. The molecule has 0 saturated carbocycles. The van der Waals surface area contributed by atoms with Crippen molar-refractivity contribution in [2.24, 2.45) is 5.92 Å². The highest BCUT2D eigenvalue weighted by atomic mass is 19.1. The number of piperidine rings is 1. The minimum absolute atomic E-state index is 0.0485. The molecule has 3 atom stereocenters. The summed E-state index contributed by atoms with van der Waals surface area (Å²) in [6.07, 6.45) is 6.94. The quantitative estimate of drug-likeness (QED) is 0.513. The average Bonchev–Trinajstić information content (AvgIpc) is 3.21. The van der Waals surface area contributed by atoms with E-state index in [1.54, 1.807) is 19.1 Å². The second kappa shape index (κ2) is 10.1. The minimum Gasteiger partial charge on any atom is -0.492 e. The van der Waals surface area contributed by atoms with Gasteiger partial charge in [0.25, 0.3) is 0 Å². The Balaban J connectivity index is 1.12. The second-order valence-electron chi connectivity index (χ2n) is 9.00. The molecule has 0 radical (unpaired) electrons. The van der Waals surface area contributed by atoms with Crippen LogP contribution in [0.25, 0.3) is 0 Å². The summed E-state index contributed by atoms with van der Waals surface area (Å²) in [5, 5.41) is 5.37. The number of hydrazine groups is 1. The summed E-state index contributed by atoms with van der Waals surface area (Å²) in [5.74, 6) is 0.840. The predicted molar refractivity (Wildman–Crippen MR) is 117 cm³/mol. The third-order valence-corrected chi connectivity index (χ3v) is 6.69. The number of rotatable bonds is 7. The first-order valence-electron chi connectivity index (χ1n) is 11.5. The van der Waals surface area contributed by atoms with Crippen molar-refractivity contribution in [1.82, 2.24) is 15.8 Å². The molecule has 1 amide bonds. The summed E-state index contributed by atoms with van der Waals surface area (Å²) in [6.45, 7) is 6.69. The number of allylic oxidation sites excluding steroid dienone is 1. The minimum atomic E-state index is -0.309. The number of amides is 1. The summed E-state index contributed by atoms with van der Waals surface area (Å²) in [5.41, 5.74) is 5.25. The molecule has 6 nitrogen and oxygen atoms in total. The third-order valence-electron chi connectivity index (χ3n) is 6.69. The number of aryl methyl sites for hydroxylation is 1. The Bertz CT molecular complexity index is 807. The van der Waals surface area contributed by atoms with Gasteiger partial charge in [0.05, 0.1) is 6.10 Å². The summed E-state index contributed by atoms with van der Waals surface area (Å²) < 4.78 is 25.2. The van der Waals surface area contributed by atoms with Crippen molar-refractivity contribution < 1.29 is 18.7 Å². The van der Waals surface area contributed by atoms with Crippen molar-refractivity contribution in [2.75, 3.05) is 26.2 Å². The largest absolute Gasteiger partial charge is 0.492 e. The molecule has 3 aliphatic rings. The van der Waals surface area contributed by atoms with Gasteiger partial charge in [0.15, 0.2) is 0 Å². The molecule has 170 valence electrons. The van der Waals surface area contributed by atoms with Crippen molar-refractivity contribution in [2.45, 2.75) is 64.2 Å². The van der Waals surface area contributed by atoms with Gasteiger partial charge in [0.1, 0.15) is 24.3 Å². The van der Waals surface area contributed by atoms with Crippen LogP contribution in [0.4, 0.5) is 4.39 Å². The maximum Gasteiger partial charge on any atom is 0.249 e. The molecule has 3 unspecified atom stereocenters. The van der Waals surface area contributed by atoms with E-state index in [2.05, 4.69) is 28.8 Å². The normalized spacial score (nSPS) is 26.9. The van der Waals surface area contributed by atoms with E-state index in [0.717, 1.165) is 45.2 Å². The highest BCUT2D eigenvalue weighted by molar-refractivity contribution is 5.81. The van der Waals surface area contributed by atoms with Gasteiger partial charge in [-0.2, -0.15) is 0 Å². The van der Waals surface area contributed by atoms with Gasteiger partial charge >= 0.3 is 0 Å². The van der Waals surface area contributed by atoms with Crippen LogP contribution in [0, 0.1) is 18.7 Å². The zero-order chi connectivity index (χ0) is 21.8. The fourth-order valence-corrected chi connectivity index (χ4v) is 4.81. The highest BCUT2D eigenvalue weighted by Gasteiger charge is 2.41. The predicted octanol–water partition coefficient (Wildman–Crippen LogP) is 3.11. The van der Waals surface area contributed by atoms with Crippen LogP contribution in [0.5, 0.6) is 5.75 Å². The summed E-state index contributed by atoms with van der Waals surface area (Å²) in [4.78, 5) is 12.7. The topological polar surface area (TPSA) is 62.8 Å². The van der Waals surface area contributed by atoms with Gasteiger partial charge in [-0.15, -0.1) is 0 Å². The van der Waals surface area contributed by atoms with Gasteiger partial charge in [0.2, 0.25) is 5.91 Å². The fraction of sp³-hybridized carbons (Fsp3) is 0.625. The first kappa shape index (κ1) is 22.2. The second-order valence-corrected chi connectivity index (χ2v) is 9.00. The van der Waals surface area contributed by atoms with E-state index in [1.165, 1.54) is 11.6 Å². The van der Waals surface area contributed by atoms with E-state index < -0.39 is 0 Å². The third kappa shape index (κ3) is 5.64. The van der Waals surface area contributed by atoms with Crippen molar-refractivity contribution in [3.63, 3.8) is 0 Å². The standard InChI is InChI=1S/C24H34FN3O3/c1-16-6-7-20(15-21(16)25)30-13-10-26-28-11-8-19(9-12-28)27-24(29)22-14-18-5-3-4-17(2)23(18)31-22/h4,6-7,15,18-19,22-23,26H,3,5,8-14H2,1-2H3,(H,27,29). The first-order valence-corrected chi connectivity index (χ1v) is 11.5. The van der Waals surface area contributed by atoms with E-state index in [-0.39, 0.29) is 30.0 Å². The molecule has 2 aliphatic heterocycles. The number of nitrogens with zero attached hydrogens (tertiary/aromatic N) is 1. The monoisotopic (exact) mass is 431 g/mol. The van der Waals surface area contributed by atoms with Crippen LogP contribution in [0.2, 0.25) is 0 Å². The molecule has 2 heterocycles. The van der Waals surface area contributed by atoms with Crippen LogP contribution < -0.4 is 15.5 Å². The number of carbonyl (C=O) groups is 1. The Morgan fingerprint density at radius 3 is 2.81 bits per heavy atom. The molecule has 2 saturated heterocycles. The number of ether oxygens (including phenoxy) is 2. The zero-order valence-corrected chi connectivity index (χ0v) is 18.5. The molecule has 2 fully saturated rings. The zero-order valence-electron chi connectivity index (χ0n) is 18.5. The molecule has 31 heavy (non-hydrogen) atoms. The summed E-state index contributed by atoms with van der Waals surface area (Å²) in [6, 6.07) is 5.12. The van der Waals surface area contributed by atoms with Crippen LogP contribution in [0.15, 0.2) is 29.8 Å². The van der Waals surface area contributed by atoms with Crippen LogP contribution in [0.1, 0.15) is 44.6 Å². The van der Waals surface area contributed by atoms with Crippen LogP contribution in [-0.4, -0.2) is 55.4 Å². The lowest BCUT2D eigenvalue weighted by molar-refractivity contribution is -0.132. The van der Waals surface area contributed by atoms with Crippen LogP contribution in [0.3, 0.4) is 0 Å². The Morgan fingerprint density at radius 1 is 1.26 bits per heavy atom. The number of halogens is 1. The van der Waals surface area contributed by atoms with Gasteiger partial charge < -0.3 is 14.8 Å². The van der Waals surface area contributed by atoms with Crippen molar-refractivity contribution in [3.05, 3.63) is 41.2 Å². The van der Waals surface area contributed by atoms with Gasteiger partial charge in [-0.3, -0.25) is 10.2 Å². The van der Waals surface area contributed by atoms with Gasteiger partial charge in [-0.05, 0) is 69.1 Å². The smallest absolute Gasteiger partial charge is 0.249 e. The molecular formula is C24H34FN3O3. The molecule has 2 N–H and O–H groups in total. The van der Waals surface area contributed by atoms with Crippen molar-refractivity contribution in [3.8, 4) is 5.75 Å². The Kier molecular flexibility index (Phi) is 7.25. The number of benzene rings is 1. The van der Waals surface area contributed by atoms with E-state index in [4.69, 9.17) is 9.47 Å².